The fourth-order valence-electron chi connectivity index (χ4n) is 9.89. The molecule has 17 nitrogen and oxygen atoms in total. The number of carbonyl (C=O) groups is 4. The number of aromatic amines is 1. The lowest BCUT2D eigenvalue weighted by Gasteiger charge is -2.37. The smallest absolute Gasteiger partial charge is 0.324 e. The Kier molecular flexibility index (Phi) is 15.2. The number of nitrogens with two attached hydrogens (primary N) is 1. The molecule has 73 heavy (non-hydrogen) atoms. The first-order valence-corrected chi connectivity index (χ1v) is 24.7. The average Bonchev–Trinajstić information content (AvgIpc) is 3.82. The number of anilines is 1. The Morgan fingerprint density at radius 2 is 1.59 bits per heavy atom. The largest absolute Gasteiger partial charge is 0.454 e. The Morgan fingerprint density at radius 1 is 0.863 bits per heavy atom. The van der Waals surface area contributed by atoms with Crippen molar-refractivity contribution in [2.24, 2.45) is 5.73 Å². The van der Waals surface area contributed by atoms with Crippen LogP contribution in [0.2, 0.25) is 0 Å². The van der Waals surface area contributed by atoms with Crippen molar-refractivity contribution >= 4 is 40.5 Å². The molecular formula is C54H60F2N10O7. The number of piperidine rings is 2. The van der Waals surface area contributed by atoms with Crippen LogP contribution in [0.5, 0.6) is 0 Å². The normalized spacial score (nSPS) is 16.5. The first-order chi connectivity index (χ1) is 35.1. The number of aromatic nitrogens is 4. The highest BCUT2D eigenvalue weighted by molar-refractivity contribution is 6.06. The summed E-state index contributed by atoms with van der Waals surface area (Å²) in [7, 11) is 0. The maximum absolute atomic E-state index is 15.4. The average molecular weight is 999 g/mol. The van der Waals surface area contributed by atoms with Crippen LogP contribution in [-0.2, 0) is 44.3 Å². The summed E-state index contributed by atoms with van der Waals surface area (Å²) in [6.45, 7) is 10.8. The van der Waals surface area contributed by atoms with E-state index in [1.54, 1.807) is 37.6 Å². The van der Waals surface area contributed by atoms with E-state index in [9.17, 15) is 24.0 Å². The lowest BCUT2D eigenvalue weighted by Crippen LogP contribution is -2.49. The molecule has 3 aliphatic rings. The molecule has 0 unspecified atom stereocenters. The van der Waals surface area contributed by atoms with Gasteiger partial charge in [-0.2, -0.15) is 0 Å². The predicted molar refractivity (Wildman–Crippen MR) is 270 cm³/mol. The summed E-state index contributed by atoms with van der Waals surface area (Å²) in [6.07, 6.45) is 7.66. The molecule has 6 aromatic rings. The highest BCUT2D eigenvalue weighted by Crippen LogP contribution is 2.36. The van der Waals surface area contributed by atoms with Gasteiger partial charge in [0.2, 0.25) is 5.91 Å². The number of urea groups is 1. The van der Waals surface area contributed by atoms with Gasteiger partial charge >= 0.3 is 12.0 Å². The second-order valence-electron chi connectivity index (χ2n) is 19.5. The highest BCUT2D eigenvalue weighted by Gasteiger charge is 2.29. The molecule has 6 heterocycles. The number of fused-ring (bicyclic) bond motifs is 1. The van der Waals surface area contributed by atoms with Crippen LogP contribution in [0, 0.1) is 18.6 Å². The number of halogens is 2. The summed E-state index contributed by atoms with van der Waals surface area (Å²) < 4.78 is 44.4. The van der Waals surface area contributed by atoms with E-state index in [1.807, 2.05) is 12.1 Å². The second-order valence-corrected chi connectivity index (χ2v) is 19.5. The summed E-state index contributed by atoms with van der Waals surface area (Å²) in [5, 5.41) is 5.63. The molecule has 3 aromatic heterocycles. The van der Waals surface area contributed by atoms with Gasteiger partial charge in [0.1, 0.15) is 29.2 Å². The number of pyridine rings is 1. The number of likely N-dealkylation sites (tertiary alicyclic amines) is 2. The van der Waals surface area contributed by atoms with Crippen molar-refractivity contribution in [1.29, 1.82) is 0 Å². The third-order valence-corrected chi connectivity index (χ3v) is 14.1. The van der Waals surface area contributed by atoms with Crippen molar-refractivity contribution in [3.63, 3.8) is 0 Å². The molecule has 0 spiro atoms. The zero-order valence-corrected chi connectivity index (χ0v) is 41.2. The number of benzene rings is 3. The molecule has 9 rings (SSSR count). The topological polar surface area (TPSA) is 210 Å². The van der Waals surface area contributed by atoms with Crippen LogP contribution in [0.25, 0.3) is 33.5 Å². The molecule has 4 amide bonds. The van der Waals surface area contributed by atoms with Crippen LogP contribution in [0.3, 0.4) is 0 Å². The van der Waals surface area contributed by atoms with Crippen LogP contribution >= 0.6 is 0 Å². The van der Waals surface area contributed by atoms with E-state index in [-0.39, 0.29) is 54.4 Å². The molecule has 0 atom stereocenters. The maximum atomic E-state index is 15.4. The molecule has 5 N–H and O–H groups in total. The Hall–Kier alpha value is -7.19. The Bertz CT molecular complexity index is 3090. The molecule has 0 saturated carbocycles. The second kappa shape index (κ2) is 21.9. The molecule has 19 heteroatoms. The number of ether oxygens (including phenoxy) is 2. The van der Waals surface area contributed by atoms with Gasteiger partial charge < -0.3 is 39.9 Å². The number of H-pyrrole nitrogens is 1. The summed E-state index contributed by atoms with van der Waals surface area (Å²) >= 11 is 0. The Balaban J connectivity index is 0.752. The van der Waals surface area contributed by atoms with E-state index in [0.717, 1.165) is 82.3 Å². The minimum Gasteiger partial charge on any atom is -0.454 e. The molecule has 0 radical (unpaired) electrons. The van der Waals surface area contributed by atoms with Crippen molar-refractivity contribution in [2.75, 3.05) is 51.1 Å². The number of hydrogen-bond acceptors (Lipinski definition) is 12. The van der Waals surface area contributed by atoms with Gasteiger partial charge in [-0.3, -0.25) is 29.4 Å². The number of carbonyl (C=O) groups excluding carboxylic acids is 4. The van der Waals surface area contributed by atoms with Crippen LogP contribution in [0.1, 0.15) is 78.6 Å². The van der Waals surface area contributed by atoms with Gasteiger partial charge in [0.25, 0.3) is 11.5 Å². The number of hydrogen-bond donors (Lipinski definition) is 4. The van der Waals surface area contributed by atoms with Crippen LogP contribution in [-0.4, -0.2) is 116 Å². The van der Waals surface area contributed by atoms with Gasteiger partial charge in [-0.05, 0) is 105 Å². The van der Waals surface area contributed by atoms with Gasteiger partial charge in [0.15, 0.2) is 0 Å². The van der Waals surface area contributed by atoms with E-state index < -0.39 is 35.1 Å². The van der Waals surface area contributed by atoms with E-state index in [1.165, 1.54) is 41.1 Å². The van der Waals surface area contributed by atoms with Crippen molar-refractivity contribution < 1.29 is 37.4 Å². The summed E-state index contributed by atoms with van der Waals surface area (Å²) in [6, 6.07) is 19.8. The fraction of sp³-hybridized carbons (Fsp3) is 0.389. The molecule has 3 aliphatic heterocycles. The number of nitrogens with zero attached hydrogens (tertiary/aromatic N) is 6. The number of imide groups is 1. The van der Waals surface area contributed by atoms with Crippen LogP contribution in [0.4, 0.5) is 19.3 Å². The van der Waals surface area contributed by atoms with Gasteiger partial charge in [-0.1, -0.05) is 36.4 Å². The number of esters is 1. The minimum absolute atomic E-state index is 0.118. The molecular weight excluding hydrogens is 939 g/mol. The third kappa shape index (κ3) is 11.9. The Labute approximate surface area is 421 Å². The van der Waals surface area contributed by atoms with Crippen molar-refractivity contribution in [2.45, 2.75) is 90.3 Å². The highest BCUT2D eigenvalue weighted by atomic mass is 19.1. The lowest BCUT2D eigenvalue weighted by molar-refractivity contribution is -0.155. The minimum atomic E-state index is -1.20. The lowest BCUT2D eigenvalue weighted by atomic mass is 9.96. The van der Waals surface area contributed by atoms with E-state index in [4.69, 9.17) is 15.2 Å². The van der Waals surface area contributed by atoms with Crippen LogP contribution in [0.15, 0.2) is 90.1 Å². The quantitative estimate of drug-likeness (QED) is 0.0755. The van der Waals surface area contributed by atoms with Crippen molar-refractivity contribution in [3.05, 3.63) is 135 Å². The van der Waals surface area contributed by atoms with Crippen molar-refractivity contribution in [3.8, 4) is 22.5 Å². The van der Waals surface area contributed by atoms with Crippen molar-refractivity contribution in [1.82, 2.24) is 39.5 Å². The molecule has 382 valence electrons. The zero-order valence-electron chi connectivity index (χ0n) is 41.2. The number of rotatable bonds is 16. The standard InChI is InChI=1S/C54H60F2N10O7/c1-33-42(26-38(55)27-45(33)61-51(69)41-11-10-37(25-44(41)56)54(2,3)73-48(68)29-57)49-43-28-46(60-50(43)59-32-58-49)35-8-6-34(7-9-35)30-64-20-14-40(15-21-64)72-39-12-18-63(19-13-39)23-24-65-17-4-5-36(52(65)70)31-66-22-16-47(67)62-53(66)71/h4-11,17,25-28,32,39-40H,12-16,18-24,29-31,57H2,1-3H3,(H,61,69)(H,58,59,60)(H,62,67,71). The van der Waals surface area contributed by atoms with E-state index >= 15 is 8.78 Å². The molecule has 3 aromatic carbocycles. The molecule has 0 aliphatic carbocycles. The van der Waals surface area contributed by atoms with Gasteiger partial charge in [0.05, 0.1) is 36.6 Å². The van der Waals surface area contributed by atoms with Gasteiger partial charge in [-0.25, -0.2) is 23.5 Å². The SMILES string of the molecule is Cc1c(NC(=O)c2ccc(C(C)(C)OC(=O)CN)cc2F)cc(F)cc1-c1ncnc2[nH]c(-c3ccc(CN4CCC(OC5CCN(CCn6cccc(CN7CCC(=O)NC7=O)c6=O)CC5)CC4)cc3)cc12. The fourth-order valence-corrected chi connectivity index (χ4v) is 9.89. The zero-order chi connectivity index (χ0) is 51.4. The van der Waals surface area contributed by atoms with Gasteiger partial charge in [0, 0.05) is 92.9 Å². The third-order valence-electron chi connectivity index (χ3n) is 14.1. The number of amides is 4. The number of nitrogens with one attached hydrogen (secondary N) is 3. The molecule has 3 fully saturated rings. The predicted octanol–water partition coefficient (Wildman–Crippen LogP) is 6.62. The summed E-state index contributed by atoms with van der Waals surface area (Å²) in [4.78, 5) is 80.8. The van der Waals surface area contributed by atoms with E-state index in [2.05, 4.69) is 59.7 Å². The van der Waals surface area contributed by atoms with Gasteiger partial charge in [-0.15, -0.1) is 0 Å². The molecule has 3 saturated heterocycles. The molecule has 0 bridgehead atoms. The summed E-state index contributed by atoms with van der Waals surface area (Å²) in [5.74, 6) is -3.21. The first-order valence-electron chi connectivity index (χ1n) is 24.7. The van der Waals surface area contributed by atoms with Crippen LogP contribution < -0.4 is 21.9 Å². The Morgan fingerprint density at radius 3 is 2.29 bits per heavy atom. The maximum Gasteiger partial charge on any atom is 0.324 e. The first kappa shape index (κ1) is 50.7. The monoisotopic (exact) mass is 998 g/mol. The van der Waals surface area contributed by atoms with E-state index in [0.29, 0.717) is 52.1 Å². The summed E-state index contributed by atoms with van der Waals surface area (Å²) in [5.41, 5.74) is 9.66.